The summed E-state index contributed by atoms with van der Waals surface area (Å²) in [4.78, 5) is 11.2. The van der Waals surface area contributed by atoms with Gasteiger partial charge in [-0.25, -0.2) is 4.79 Å². The van der Waals surface area contributed by atoms with E-state index in [1.807, 2.05) is 0 Å². The van der Waals surface area contributed by atoms with E-state index in [1.54, 1.807) is 30.5 Å². The summed E-state index contributed by atoms with van der Waals surface area (Å²) in [7, 11) is 1.35. The maximum atomic E-state index is 11.2. The van der Waals surface area contributed by atoms with Crippen molar-refractivity contribution in [3.63, 3.8) is 0 Å². The van der Waals surface area contributed by atoms with E-state index in [1.165, 1.54) is 18.1 Å². The molecule has 0 spiro atoms. The maximum absolute atomic E-state index is 11.2. The van der Waals surface area contributed by atoms with E-state index in [2.05, 4.69) is 20.0 Å². The molecule has 0 aliphatic carbocycles. The molecule has 1 N–H and O–H groups in total. The van der Waals surface area contributed by atoms with Crippen LogP contribution in [0.3, 0.4) is 0 Å². The fourth-order valence-electron chi connectivity index (χ4n) is 1.28. The molecular weight excluding hydrogens is 252 g/mol. The fourth-order valence-corrected chi connectivity index (χ4v) is 1.42. The van der Waals surface area contributed by atoms with Gasteiger partial charge in [-0.1, -0.05) is 12.1 Å². The summed E-state index contributed by atoms with van der Waals surface area (Å²) >= 11 is 4.94. The van der Waals surface area contributed by atoms with Gasteiger partial charge in [-0.15, -0.1) is 0 Å². The molecule has 0 aliphatic rings. The lowest BCUT2D eigenvalue weighted by atomic mass is 10.1. The molecule has 92 valence electrons. The van der Waals surface area contributed by atoms with Crippen LogP contribution in [0.15, 0.2) is 35.7 Å². The number of methoxy groups -OCH3 is 1. The van der Waals surface area contributed by atoms with Crippen molar-refractivity contribution in [1.29, 1.82) is 0 Å². The molecule has 0 radical (unpaired) electrons. The summed E-state index contributed by atoms with van der Waals surface area (Å²) in [6, 6.07) is 6.86. The number of ether oxygens (including phenoxy) is 1. The summed E-state index contributed by atoms with van der Waals surface area (Å²) in [5.74, 6) is -0.365. The minimum atomic E-state index is -0.365. The minimum Gasteiger partial charge on any atom is -0.465 e. The Hall–Kier alpha value is -2.28. The summed E-state index contributed by atoms with van der Waals surface area (Å²) in [6.07, 6.45) is 3.09. The molecule has 0 unspecified atom stereocenters. The quantitative estimate of drug-likeness (QED) is 0.518. The zero-order chi connectivity index (χ0) is 13.0. The van der Waals surface area contributed by atoms with Crippen LogP contribution in [0, 0.1) is 4.77 Å². The molecule has 1 aromatic heterocycles. The van der Waals surface area contributed by atoms with Crippen LogP contribution < -0.4 is 0 Å². The Bertz CT molecular complexity index is 627. The van der Waals surface area contributed by atoms with Crippen LogP contribution in [-0.4, -0.2) is 34.2 Å². The van der Waals surface area contributed by atoms with Crippen LogP contribution in [0.1, 0.15) is 15.9 Å². The second-order valence-corrected chi connectivity index (χ2v) is 3.75. The van der Waals surface area contributed by atoms with Gasteiger partial charge in [-0.2, -0.15) is 14.9 Å². The third-order valence-electron chi connectivity index (χ3n) is 2.20. The number of esters is 1. The standard InChI is InChI=1S/C11H10N4O2S/c1-17-10(16)9-4-2-8(3-5-9)6-13-15-7-12-14-11(15)18/h2-7H,1H3,(H,14,18). The smallest absolute Gasteiger partial charge is 0.337 e. The Labute approximate surface area is 108 Å². The number of benzene rings is 1. The highest BCUT2D eigenvalue weighted by Gasteiger charge is 2.03. The molecule has 0 saturated heterocycles. The highest BCUT2D eigenvalue weighted by molar-refractivity contribution is 7.71. The van der Waals surface area contributed by atoms with E-state index in [-0.39, 0.29) is 5.97 Å². The normalized spacial score (nSPS) is 10.7. The van der Waals surface area contributed by atoms with Gasteiger partial charge in [0.05, 0.1) is 18.9 Å². The van der Waals surface area contributed by atoms with Crippen LogP contribution in [0.2, 0.25) is 0 Å². The molecule has 0 aliphatic heterocycles. The molecule has 2 rings (SSSR count). The zero-order valence-corrected chi connectivity index (χ0v) is 10.3. The van der Waals surface area contributed by atoms with Gasteiger partial charge in [0.2, 0.25) is 4.77 Å². The predicted octanol–water partition coefficient (Wildman–Crippen LogP) is 1.61. The summed E-state index contributed by atoms with van der Waals surface area (Å²) in [6.45, 7) is 0. The molecule has 2 aromatic rings. The van der Waals surface area contributed by atoms with Crippen LogP contribution in [0.5, 0.6) is 0 Å². The van der Waals surface area contributed by atoms with Gasteiger partial charge in [0.25, 0.3) is 0 Å². The Balaban J connectivity index is 2.16. The molecule has 6 nitrogen and oxygen atoms in total. The van der Waals surface area contributed by atoms with Crippen molar-refractivity contribution in [3.8, 4) is 0 Å². The molecule has 0 bridgehead atoms. The predicted molar refractivity (Wildman–Crippen MR) is 68.2 cm³/mol. The second-order valence-electron chi connectivity index (χ2n) is 3.36. The molecule has 0 fully saturated rings. The Morgan fingerprint density at radius 2 is 2.22 bits per heavy atom. The molecule has 7 heteroatoms. The third-order valence-corrected chi connectivity index (χ3v) is 2.48. The Morgan fingerprint density at radius 1 is 1.50 bits per heavy atom. The van der Waals surface area contributed by atoms with Crippen LogP contribution >= 0.6 is 12.2 Å². The van der Waals surface area contributed by atoms with Crippen molar-refractivity contribution >= 4 is 24.4 Å². The average Bonchev–Trinajstić information content (AvgIpc) is 2.81. The van der Waals surface area contributed by atoms with Gasteiger partial charge in [0.15, 0.2) is 0 Å². The molecule has 1 heterocycles. The van der Waals surface area contributed by atoms with E-state index in [0.717, 1.165) is 5.56 Å². The first kappa shape index (κ1) is 12.2. The Kier molecular flexibility index (Phi) is 3.63. The third kappa shape index (κ3) is 2.69. The van der Waals surface area contributed by atoms with Crippen molar-refractivity contribution < 1.29 is 9.53 Å². The zero-order valence-electron chi connectivity index (χ0n) is 9.53. The Morgan fingerprint density at radius 3 is 2.78 bits per heavy atom. The number of aromatic amines is 1. The molecule has 1 aromatic carbocycles. The van der Waals surface area contributed by atoms with Crippen LogP contribution in [-0.2, 0) is 4.74 Å². The number of nitrogens with one attached hydrogen (secondary N) is 1. The van der Waals surface area contributed by atoms with E-state index < -0.39 is 0 Å². The monoisotopic (exact) mass is 262 g/mol. The van der Waals surface area contributed by atoms with Gasteiger partial charge in [-0.05, 0) is 29.9 Å². The molecule has 0 atom stereocenters. The number of carbonyl (C=O) groups is 1. The van der Waals surface area contributed by atoms with E-state index in [9.17, 15) is 4.79 Å². The van der Waals surface area contributed by atoms with Gasteiger partial charge in [-0.3, -0.25) is 5.10 Å². The molecular formula is C11H10N4O2S. The first-order valence-electron chi connectivity index (χ1n) is 5.05. The van der Waals surface area contributed by atoms with Crippen molar-refractivity contribution in [2.75, 3.05) is 7.11 Å². The summed E-state index contributed by atoms with van der Waals surface area (Å²) in [5, 5.41) is 10.4. The fraction of sp³-hybridized carbons (Fsp3) is 0.0909. The number of aromatic nitrogens is 3. The number of hydrogen-bond donors (Lipinski definition) is 1. The molecule has 0 amide bonds. The van der Waals surface area contributed by atoms with Gasteiger partial charge < -0.3 is 4.74 Å². The topological polar surface area (TPSA) is 72.3 Å². The van der Waals surface area contributed by atoms with Crippen LogP contribution in [0.4, 0.5) is 0 Å². The highest BCUT2D eigenvalue weighted by atomic mass is 32.1. The minimum absolute atomic E-state index is 0.365. The number of H-pyrrole nitrogens is 1. The largest absolute Gasteiger partial charge is 0.465 e. The van der Waals surface area contributed by atoms with Gasteiger partial charge >= 0.3 is 5.97 Å². The van der Waals surface area contributed by atoms with E-state index >= 15 is 0 Å². The van der Waals surface area contributed by atoms with E-state index in [4.69, 9.17) is 12.2 Å². The number of hydrogen-bond acceptors (Lipinski definition) is 5. The highest BCUT2D eigenvalue weighted by Crippen LogP contribution is 2.04. The lowest BCUT2D eigenvalue weighted by molar-refractivity contribution is 0.0601. The summed E-state index contributed by atoms with van der Waals surface area (Å²) < 4.78 is 6.46. The number of rotatable bonds is 3. The van der Waals surface area contributed by atoms with Crippen molar-refractivity contribution in [2.24, 2.45) is 5.10 Å². The van der Waals surface area contributed by atoms with E-state index in [0.29, 0.717) is 10.3 Å². The summed E-state index contributed by atoms with van der Waals surface area (Å²) in [5.41, 5.74) is 1.33. The number of nitrogens with zero attached hydrogens (tertiary/aromatic N) is 3. The van der Waals surface area contributed by atoms with Gasteiger partial charge in [0, 0.05) is 0 Å². The SMILES string of the molecule is COC(=O)c1ccc(C=Nn2cn[nH]c2=S)cc1. The van der Waals surface area contributed by atoms with Crippen molar-refractivity contribution in [3.05, 3.63) is 46.5 Å². The second kappa shape index (κ2) is 5.37. The van der Waals surface area contributed by atoms with Gasteiger partial charge in [0.1, 0.15) is 6.33 Å². The molecule has 0 saturated carbocycles. The molecule has 18 heavy (non-hydrogen) atoms. The number of carbonyl (C=O) groups excluding carboxylic acids is 1. The lowest BCUT2D eigenvalue weighted by Crippen LogP contribution is -2.00. The first-order valence-corrected chi connectivity index (χ1v) is 5.46. The van der Waals surface area contributed by atoms with Crippen molar-refractivity contribution in [1.82, 2.24) is 14.9 Å². The lowest BCUT2D eigenvalue weighted by Gasteiger charge is -1.98. The van der Waals surface area contributed by atoms with Crippen molar-refractivity contribution in [2.45, 2.75) is 0 Å². The van der Waals surface area contributed by atoms with Crippen LogP contribution in [0.25, 0.3) is 0 Å². The first-order chi connectivity index (χ1) is 8.70. The maximum Gasteiger partial charge on any atom is 0.337 e. The average molecular weight is 262 g/mol.